The molecule has 3 aromatic heterocycles. The lowest BCUT2D eigenvalue weighted by Crippen LogP contribution is -2.32. The Hall–Kier alpha value is -2.77. The molecule has 29 heavy (non-hydrogen) atoms. The fourth-order valence-corrected chi connectivity index (χ4v) is 4.18. The third-order valence-electron chi connectivity index (χ3n) is 5.17. The highest BCUT2D eigenvalue weighted by Gasteiger charge is 2.40. The third kappa shape index (κ3) is 4.31. The Morgan fingerprint density at radius 2 is 1.90 bits per heavy atom. The fourth-order valence-electron chi connectivity index (χ4n) is 3.85. The van der Waals surface area contributed by atoms with Gasteiger partial charge in [0.05, 0.1) is 30.0 Å². The Kier molecular flexibility index (Phi) is 6.17. The topological polar surface area (TPSA) is 55.2 Å². The summed E-state index contributed by atoms with van der Waals surface area (Å²) >= 11 is 5.72. The maximum Gasteiger partial charge on any atom is 0.170 e. The Bertz CT molecular complexity index is 931. The number of aromatic nitrogens is 3. The van der Waals surface area contributed by atoms with E-state index in [4.69, 9.17) is 17.0 Å². The average Bonchev–Trinajstić information content (AvgIpc) is 3.33. The van der Waals surface area contributed by atoms with Crippen molar-refractivity contribution < 1.29 is 4.74 Å². The van der Waals surface area contributed by atoms with Crippen molar-refractivity contribution >= 4 is 17.3 Å². The summed E-state index contributed by atoms with van der Waals surface area (Å²) in [6.45, 7) is 2.24. The molecule has 7 heteroatoms. The monoisotopic (exact) mass is 407 g/mol. The van der Waals surface area contributed by atoms with Crippen LogP contribution in [0.15, 0.2) is 67.1 Å². The number of pyridine rings is 2. The van der Waals surface area contributed by atoms with E-state index < -0.39 is 0 Å². The molecule has 3 aromatic rings. The molecule has 4 heterocycles. The first-order chi connectivity index (χ1) is 14.3. The first-order valence-corrected chi connectivity index (χ1v) is 10.2. The van der Waals surface area contributed by atoms with Gasteiger partial charge in [-0.2, -0.15) is 0 Å². The van der Waals surface area contributed by atoms with Crippen LogP contribution in [0.25, 0.3) is 0 Å². The summed E-state index contributed by atoms with van der Waals surface area (Å²) in [5.41, 5.74) is 3.20. The molecule has 0 radical (unpaired) electrons. The first kappa shape index (κ1) is 19.5. The summed E-state index contributed by atoms with van der Waals surface area (Å²) in [5, 5.41) is 4.26. The van der Waals surface area contributed by atoms with Crippen LogP contribution in [0.4, 0.5) is 0 Å². The van der Waals surface area contributed by atoms with E-state index in [1.165, 1.54) is 5.69 Å². The van der Waals surface area contributed by atoms with Gasteiger partial charge in [0.2, 0.25) is 0 Å². The molecule has 2 atom stereocenters. The van der Waals surface area contributed by atoms with Crippen LogP contribution in [-0.2, 0) is 11.3 Å². The lowest BCUT2D eigenvalue weighted by Gasteiger charge is -2.29. The number of nitrogens with zero attached hydrogens (tertiary/aromatic N) is 4. The Labute approximate surface area is 176 Å². The standard InChI is InChI=1S/C22H25N5OS/c1-28-15-7-14-27-21(20(25-22(27)29)18-9-3-5-12-24-18)19-10-6-13-26(19)16-17-8-2-4-11-23-17/h2-6,8-13,20-21H,7,14-16H2,1H3,(H,25,29)/t20-,21+/m1/s1. The van der Waals surface area contributed by atoms with Gasteiger partial charge in [-0.05, 0) is 55.0 Å². The summed E-state index contributed by atoms with van der Waals surface area (Å²) in [4.78, 5) is 11.4. The summed E-state index contributed by atoms with van der Waals surface area (Å²) in [6, 6.07) is 16.3. The molecule has 0 amide bonds. The minimum Gasteiger partial charge on any atom is -0.385 e. The summed E-state index contributed by atoms with van der Waals surface area (Å²) in [6.07, 6.45) is 6.68. The van der Waals surface area contributed by atoms with Gasteiger partial charge in [0.15, 0.2) is 5.11 Å². The molecule has 0 bridgehead atoms. The maximum absolute atomic E-state index is 5.72. The normalized spacial score (nSPS) is 18.8. The van der Waals surface area contributed by atoms with Crippen LogP contribution in [0.3, 0.4) is 0 Å². The van der Waals surface area contributed by atoms with E-state index in [-0.39, 0.29) is 12.1 Å². The van der Waals surface area contributed by atoms with Crippen molar-refractivity contribution in [1.82, 2.24) is 24.8 Å². The van der Waals surface area contributed by atoms with Gasteiger partial charge in [-0.25, -0.2) is 0 Å². The molecule has 1 aliphatic rings. The Morgan fingerprint density at radius 1 is 1.07 bits per heavy atom. The van der Waals surface area contributed by atoms with Crippen LogP contribution < -0.4 is 5.32 Å². The number of nitrogens with one attached hydrogen (secondary N) is 1. The van der Waals surface area contributed by atoms with Gasteiger partial charge in [0.25, 0.3) is 0 Å². The van der Waals surface area contributed by atoms with Crippen molar-refractivity contribution in [3.05, 3.63) is 84.2 Å². The minimum atomic E-state index is -0.0105. The number of rotatable bonds is 8. The predicted octanol–water partition coefficient (Wildman–Crippen LogP) is 3.34. The van der Waals surface area contributed by atoms with Gasteiger partial charge in [-0.1, -0.05) is 12.1 Å². The SMILES string of the molecule is COCCCN1C(=S)N[C@H](c2ccccn2)[C@@H]1c1cccn1Cc1ccccn1. The van der Waals surface area contributed by atoms with Crippen LogP contribution in [0, 0.1) is 0 Å². The highest BCUT2D eigenvalue weighted by atomic mass is 32.1. The molecule has 0 unspecified atom stereocenters. The first-order valence-electron chi connectivity index (χ1n) is 9.80. The molecule has 1 N–H and O–H groups in total. The maximum atomic E-state index is 5.72. The van der Waals surface area contributed by atoms with E-state index in [9.17, 15) is 0 Å². The second-order valence-electron chi connectivity index (χ2n) is 7.05. The predicted molar refractivity (Wildman–Crippen MR) is 116 cm³/mol. The lowest BCUT2D eigenvalue weighted by atomic mass is 10.0. The van der Waals surface area contributed by atoms with Gasteiger partial charge < -0.3 is 19.5 Å². The van der Waals surface area contributed by atoms with Gasteiger partial charge in [0.1, 0.15) is 0 Å². The van der Waals surface area contributed by atoms with Crippen molar-refractivity contribution in [2.75, 3.05) is 20.3 Å². The van der Waals surface area contributed by atoms with E-state index >= 15 is 0 Å². The van der Waals surface area contributed by atoms with E-state index in [0.29, 0.717) is 13.2 Å². The van der Waals surface area contributed by atoms with Crippen LogP contribution in [0.1, 0.15) is 35.6 Å². The van der Waals surface area contributed by atoms with E-state index in [1.54, 1.807) is 7.11 Å². The van der Waals surface area contributed by atoms with Crippen molar-refractivity contribution in [2.24, 2.45) is 0 Å². The summed E-state index contributed by atoms with van der Waals surface area (Å²) in [5.74, 6) is 0. The smallest absolute Gasteiger partial charge is 0.170 e. The zero-order valence-corrected chi connectivity index (χ0v) is 17.3. The molecule has 0 aromatic carbocycles. The molecule has 1 aliphatic heterocycles. The highest BCUT2D eigenvalue weighted by molar-refractivity contribution is 7.80. The molecule has 6 nitrogen and oxygen atoms in total. The quantitative estimate of drug-likeness (QED) is 0.457. The Morgan fingerprint density at radius 3 is 2.62 bits per heavy atom. The summed E-state index contributed by atoms with van der Waals surface area (Å²) < 4.78 is 7.51. The molecule has 1 saturated heterocycles. The van der Waals surface area contributed by atoms with E-state index in [0.717, 1.165) is 29.5 Å². The van der Waals surface area contributed by atoms with Crippen LogP contribution in [0.2, 0.25) is 0 Å². The molecule has 0 saturated carbocycles. The molecule has 1 fully saturated rings. The van der Waals surface area contributed by atoms with Crippen LogP contribution >= 0.6 is 12.2 Å². The largest absolute Gasteiger partial charge is 0.385 e. The molecular weight excluding hydrogens is 382 g/mol. The number of ether oxygens (including phenoxy) is 1. The molecule has 4 rings (SSSR count). The fraction of sp³-hybridized carbons (Fsp3) is 0.318. The lowest BCUT2D eigenvalue weighted by molar-refractivity contribution is 0.179. The minimum absolute atomic E-state index is 0.0105. The zero-order chi connectivity index (χ0) is 20.1. The van der Waals surface area contributed by atoms with Gasteiger partial charge in [0, 0.05) is 44.5 Å². The van der Waals surface area contributed by atoms with Crippen LogP contribution in [-0.4, -0.2) is 44.8 Å². The molecule has 0 spiro atoms. The third-order valence-corrected chi connectivity index (χ3v) is 5.52. The van der Waals surface area contributed by atoms with Crippen molar-refractivity contribution in [2.45, 2.75) is 25.0 Å². The average molecular weight is 408 g/mol. The van der Waals surface area contributed by atoms with Crippen molar-refractivity contribution in [1.29, 1.82) is 0 Å². The van der Waals surface area contributed by atoms with Crippen LogP contribution in [0.5, 0.6) is 0 Å². The Balaban J connectivity index is 1.68. The van der Waals surface area contributed by atoms with E-state index in [2.05, 4.69) is 49.1 Å². The highest BCUT2D eigenvalue weighted by Crippen LogP contribution is 2.38. The van der Waals surface area contributed by atoms with Gasteiger partial charge in [-0.15, -0.1) is 0 Å². The number of methoxy groups -OCH3 is 1. The van der Waals surface area contributed by atoms with E-state index in [1.807, 2.05) is 42.7 Å². The molecule has 150 valence electrons. The number of hydrogen-bond acceptors (Lipinski definition) is 4. The summed E-state index contributed by atoms with van der Waals surface area (Å²) in [7, 11) is 1.73. The second kappa shape index (κ2) is 9.15. The molecule has 0 aliphatic carbocycles. The zero-order valence-electron chi connectivity index (χ0n) is 16.4. The second-order valence-corrected chi connectivity index (χ2v) is 7.44. The number of hydrogen-bond donors (Lipinski definition) is 1. The van der Waals surface area contributed by atoms with Gasteiger partial charge >= 0.3 is 0 Å². The van der Waals surface area contributed by atoms with Crippen molar-refractivity contribution in [3.63, 3.8) is 0 Å². The van der Waals surface area contributed by atoms with Crippen molar-refractivity contribution in [3.8, 4) is 0 Å². The molecular formula is C22H25N5OS. The number of thiocarbonyl (C=S) groups is 1. The van der Waals surface area contributed by atoms with Gasteiger partial charge in [-0.3, -0.25) is 9.97 Å².